The van der Waals surface area contributed by atoms with Crippen LogP contribution < -0.4 is 24.0 Å². The van der Waals surface area contributed by atoms with Gasteiger partial charge in [0.2, 0.25) is 0 Å². The maximum atomic E-state index is 12.2. The standard InChI is InChI=1S/C14H18NO.Li/c16-13-10-11-6-2-3-7-12(11)14(13)15-8-4-1-5-9-15;/h2-3,6-7,13-14H,1,4-5,8-10H2;/q-1;+1/t13-,14+;/m0./s1. The second-order valence-electron chi connectivity index (χ2n) is 4.98. The molecule has 1 fully saturated rings. The number of hydrogen-bond donors (Lipinski definition) is 0. The zero-order valence-corrected chi connectivity index (χ0v) is 10.6. The number of fused-ring (bicyclic) bond motifs is 1. The largest absolute Gasteiger partial charge is 1.00 e. The van der Waals surface area contributed by atoms with Crippen molar-refractivity contribution in [2.24, 2.45) is 0 Å². The molecule has 1 aliphatic carbocycles. The van der Waals surface area contributed by atoms with Crippen LogP contribution in [-0.2, 0) is 6.42 Å². The van der Waals surface area contributed by atoms with E-state index in [9.17, 15) is 5.11 Å². The van der Waals surface area contributed by atoms with Gasteiger partial charge in [-0.05, 0) is 43.5 Å². The van der Waals surface area contributed by atoms with Crippen LogP contribution in [0.2, 0.25) is 0 Å². The quantitative estimate of drug-likeness (QED) is 0.542. The summed E-state index contributed by atoms with van der Waals surface area (Å²) in [5.41, 5.74) is 2.57. The van der Waals surface area contributed by atoms with Gasteiger partial charge in [0.05, 0.1) is 0 Å². The van der Waals surface area contributed by atoms with Crippen LogP contribution in [0.5, 0.6) is 0 Å². The molecule has 0 aromatic heterocycles. The first-order valence-electron chi connectivity index (χ1n) is 6.34. The average molecular weight is 223 g/mol. The zero-order chi connectivity index (χ0) is 11.0. The Balaban J connectivity index is 0.00000108. The van der Waals surface area contributed by atoms with E-state index in [0.717, 1.165) is 19.5 Å². The van der Waals surface area contributed by atoms with Crippen LogP contribution in [0.3, 0.4) is 0 Å². The predicted molar refractivity (Wildman–Crippen MR) is 62.1 cm³/mol. The van der Waals surface area contributed by atoms with Crippen LogP contribution in [0.15, 0.2) is 24.3 Å². The molecule has 0 amide bonds. The minimum absolute atomic E-state index is 0. The summed E-state index contributed by atoms with van der Waals surface area (Å²) in [6.07, 6.45) is 4.11. The van der Waals surface area contributed by atoms with Gasteiger partial charge in [-0.1, -0.05) is 30.7 Å². The molecule has 3 heteroatoms. The fourth-order valence-corrected chi connectivity index (χ4v) is 3.17. The molecular formula is C14H18LiNO. The second kappa shape index (κ2) is 5.59. The molecule has 1 saturated heterocycles. The molecule has 0 bridgehead atoms. The molecule has 2 nitrogen and oxygen atoms in total. The Morgan fingerprint density at radius 1 is 1.06 bits per heavy atom. The fraction of sp³-hybridized carbons (Fsp3) is 0.571. The fourth-order valence-electron chi connectivity index (χ4n) is 3.17. The van der Waals surface area contributed by atoms with Gasteiger partial charge in [-0.15, -0.1) is 6.10 Å². The molecule has 2 atom stereocenters. The van der Waals surface area contributed by atoms with Gasteiger partial charge in [0.15, 0.2) is 0 Å². The van der Waals surface area contributed by atoms with Gasteiger partial charge in [0.1, 0.15) is 0 Å². The van der Waals surface area contributed by atoms with Crippen molar-refractivity contribution in [3.8, 4) is 0 Å². The minimum Gasteiger partial charge on any atom is -0.850 e. The molecule has 0 unspecified atom stereocenters. The van der Waals surface area contributed by atoms with Crippen LogP contribution in [0.25, 0.3) is 0 Å². The van der Waals surface area contributed by atoms with Gasteiger partial charge in [0, 0.05) is 6.04 Å². The third kappa shape index (κ3) is 2.46. The van der Waals surface area contributed by atoms with Crippen LogP contribution in [0.4, 0.5) is 0 Å². The summed E-state index contributed by atoms with van der Waals surface area (Å²) in [4.78, 5) is 2.41. The van der Waals surface area contributed by atoms with Crippen molar-refractivity contribution >= 4 is 0 Å². The molecule has 1 aromatic carbocycles. The maximum absolute atomic E-state index is 12.2. The molecule has 1 aromatic rings. The van der Waals surface area contributed by atoms with E-state index in [1.165, 1.54) is 30.4 Å². The Labute approximate surface area is 115 Å². The van der Waals surface area contributed by atoms with E-state index in [4.69, 9.17) is 0 Å². The molecular weight excluding hydrogens is 205 g/mol. The smallest absolute Gasteiger partial charge is 0.850 e. The molecule has 0 spiro atoms. The number of likely N-dealkylation sites (tertiary alicyclic amines) is 1. The van der Waals surface area contributed by atoms with E-state index in [1.807, 2.05) is 6.07 Å². The van der Waals surface area contributed by atoms with Gasteiger partial charge in [-0.2, -0.15) is 0 Å². The molecule has 3 rings (SSSR count). The molecule has 17 heavy (non-hydrogen) atoms. The first-order valence-corrected chi connectivity index (χ1v) is 6.34. The first kappa shape index (κ1) is 13.2. The summed E-state index contributed by atoms with van der Waals surface area (Å²) < 4.78 is 0. The van der Waals surface area contributed by atoms with E-state index in [2.05, 4.69) is 23.1 Å². The van der Waals surface area contributed by atoms with Crippen LogP contribution in [0, 0.1) is 0 Å². The Hall–Kier alpha value is -0.263. The Morgan fingerprint density at radius 3 is 2.53 bits per heavy atom. The number of nitrogens with zero attached hydrogens (tertiary/aromatic N) is 1. The van der Waals surface area contributed by atoms with E-state index in [-0.39, 0.29) is 24.9 Å². The first-order chi connectivity index (χ1) is 7.86. The number of hydrogen-bond acceptors (Lipinski definition) is 2. The average Bonchev–Trinajstić information content (AvgIpc) is 2.66. The molecule has 1 heterocycles. The monoisotopic (exact) mass is 223 g/mol. The van der Waals surface area contributed by atoms with Crippen molar-refractivity contribution in [2.45, 2.75) is 37.8 Å². The van der Waals surface area contributed by atoms with Crippen LogP contribution in [0.1, 0.15) is 36.4 Å². The van der Waals surface area contributed by atoms with Gasteiger partial charge < -0.3 is 5.11 Å². The molecule has 86 valence electrons. The van der Waals surface area contributed by atoms with Gasteiger partial charge in [0.25, 0.3) is 0 Å². The van der Waals surface area contributed by atoms with Crippen LogP contribution in [-0.4, -0.2) is 24.1 Å². The van der Waals surface area contributed by atoms with Crippen molar-refractivity contribution in [1.29, 1.82) is 0 Å². The summed E-state index contributed by atoms with van der Waals surface area (Å²) in [6.45, 7) is 2.22. The molecule has 1 aliphatic heterocycles. The van der Waals surface area contributed by atoms with Crippen molar-refractivity contribution in [1.82, 2.24) is 4.90 Å². The molecule has 0 radical (unpaired) electrons. The summed E-state index contributed by atoms with van der Waals surface area (Å²) in [6, 6.07) is 8.52. The van der Waals surface area contributed by atoms with E-state index in [1.54, 1.807) is 0 Å². The summed E-state index contributed by atoms with van der Waals surface area (Å²) in [5.74, 6) is 0. The number of rotatable bonds is 1. The van der Waals surface area contributed by atoms with Crippen molar-refractivity contribution in [2.75, 3.05) is 13.1 Å². The molecule has 0 N–H and O–H groups in total. The Morgan fingerprint density at radius 2 is 1.76 bits per heavy atom. The van der Waals surface area contributed by atoms with Gasteiger partial charge in [-0.25, -0.2) is 0 Å². The Bertz CT molecular complexity index is 376. The summed E-state index contributed by atoms with van der Waals surface area (Å²) in [5, 5.41) is 12.2. The summed E-state index contributed by atoms with van der Waals surface area (Å²) in [7, 11) is 0. The van der Waals surface area contributed by atoms with Gasteiger partial charge >= 0.3 is 18.9 Å². The van der Waals surface area contributed by atoms with E-state index >= 15 is 0 Å². The van der Waals surface area contributed by atoms with Crippen molar-refractivity contribution in [3.63, 3.8) is 0 Å². The minimum atomic E-state index is -0.449. The topological polar surface area (TPSA) is 26.3 Å². The SMILES string of the molecule is [Li+].[O-][C@H]1Cc2ccccc2[C@H]1N1CCCCC1. The summed E-state index contributed by atoms with van der Waals surface area (Å²) >= 11 is 0. The second-order valence-corrected chi connectivity index (χ2v) is 4.98. The zero-order valence-electron chi connectivity index (χ0n) is 10.6. The van der Waals surface area contributed by atoms with E-state index in [0.29, 0.717) is 0 Å². The molecule has 0 saturated carbocycles. The Kier molecular flexibility index (Phi) is 4.33. The van der Waals surface area contributed by atoms with Crippen molar-refractivity contribution in [3.05, 3.63) is 35.4 Å². The number of benzene rings is 1. The normalized spacial score (nSPS) is 28.5. The molecule has 2 aliphatic rings. The predicted octanol–water partition coefficient (Wildman–Crippen LogP) is -1.50. The van der Waals surface area contributed by atoms with Crippen molar-refractivity contribution < 1.29 is 24.0 Å². The maximum Gasteiger partial charge on any atom is 1.00 e. The van der Waals surface area contributed by atoms with Gasteiger partial charge in [-0.3, -0.25) is 4.90 Å². The third-order valence-electron chi connectivity index (χ3n) is 3.93. The van der Waals surface area contributed by atoms with E-state index < -0.39 is 6.10 Å². The number of piperidine rings is 1. The van der Waals surface area contributed by atoms with Crippen LogP contribution >= 0.6 is 0 Å². The third-order valence-corrected chi connectivity index (χ3v) is 3.93.